The van der Waals surface area contributed by atoms with Crippen LogP contribution < -0.4 is 0 Å². The van der Waals surface area contributed by atoms with E-state index in [9.17, 15) is 9.59 Å². The Balaban J connectivity index is 3.21. The summed E-state index contributed by atoms with van der Waals surface area (Å²) >= 11 is 0. The summed E-state index contributed by atoms with van der Waals surface area (Å²) in [5, 5.41) is 0. The molecule has 0 aliphatic heterocycles. The van der Waals surface area contributed by atoms with Gasteiger partial charge in [0.2, 0.25) is 0 Å². The minimum absolute atomic E-state index is 0.207. The zero-order valence-corrected chi connectivity index (χ0v) is 17.5. The van der Waals surface area contributed by atoms with Crippen LogP contribution in [-0.4, -0.2) is 77.0 Å². The molecule has 0 radical (unpaired) electrons. The van der Waals surface area contributed by atoms with Crippen LogP contribution in [0.25, 0.3) is 0 Å². The van der Waals surface area contributed by atoms with Crippen LogP contribution in [0.1, 0.15) is 40.0 Å². The number of hydrogen-bond acceptors (Lipinski definition) is 8. The third-order valence-electron chi connectivity index (χ3n) is 3.02. The number of carbonyl (C=O) groups excluding carboxylic acids is 2. The number of carbonyl (C=O) groups is 2. The molecule has 0 bridgehead atoms. The monoisotopic (exact) mass is 404 g/mol. The van der Waals surface area contributed by atoms with Crippen molar-refractivity contribution < 1.29 is 38.0 Å². The minimum Gasteiger partial charge on any atom is -0.461 e. The summed E-state index contributed by atoms with van der Waals surface area (Å²) in [7, 11) is 0. The maximum atomic E-state index is 11.5. The van der Waals surface area contributed by atoms with Crippen LogP contribution in [0.15, 0.2) is 12.7 Å². The fourth-order valence-electron chi connectivity index (χ4n) is 1.85. The van der Waals surface area contributed by atoms with Crippen molar-refractivity contribution in [2.75, 3.05) is 59.5 Å². The zero-order chi connectivity index (χ0) is 21.1. The Morgan fingerprint density at radius 3 is 1.75 bits per heavy atom. The molecule has 0 saturated heterocycles. The molecule has 164 valence electrons. The predicted molar refractivity (Wildman–Crippen MR) is 104 cm³/mol. The van der Waals surface area contributed by atoms with Gasteiger partial charge in [0.05, 0.1) is 52.7 Å². The zero-order valence-electron chi connectivity index (χ0n) is 17.5. The summed E-state index contributed by atoms with van der Waals surface area (Å²) in [5.74, 6) is -0.512. The fourth-order valence-corrected chi connectivity index (χ4v) is 1.85. The van der Waals surface area contributed by atoms with E-state index in [1.165, 1.54) is 6.08 Å². The van der Waals surface area contributed by atoms with Crippen molar-refractivity contribution in [1.29, 1.82) is 0 Å². The highest BCUT2D eigenvalue weighted by Gasteiger charge is 2.15. The average molecular weight is 405 g/mol. The van der Waals surface area contributed by atoms with Gasteiger partial charge in [0.15, 0.2) is 0 Å². The van der Waals surface area contributed by atoms with Gasteiger partial charge in [-0.05, 0) is 27.2 Å². The molecule has 28 heavy (non-hydrogen) atoms. The van der Waals surface area contributed by atoms with Gasteiger partial charge in [-0.15, -0.1) is 0 Å². The van der Waals surface area contributed by atoms with Gasteiger partial charge in [-0.1, -0.05) is 12.7 Å². The van der Waals surface area contributed by atoms with Gasteiger partial charge in [-0.2, -0.15) is 0 Å². The lowest BCUT2D eigenvalue weighted by Crippen LogP contribution is -2.23. The van der Waals surface area contributed by atoms with E-state index in [-0.39, 0.29) is 25.0 Å². The Morgan fingerprint density at radius 1 is 0.750 bits per heavy atom. The summed E-state index contributed by atoms with van der Waals surface area (Å²) in [6, 6.07) is 0. The van der Waals surface area contributed by atoms with E-state index in [1.54, 1.807) is 0 Å². The summed E-state index contributed by atoms with van der Waals surface area (Å²) in [5.41, 5.74) is -0.445. The van der Waals surface area contributed by atoms with E-state index in [0.717, 1.165) is 0 Å². The SMILES string of the molecule is C=CCOC(=O)CCOCCOCCOCCOCCCC(=O)OC(C)(C)C. The second-order valence-corrected chi connectivity index (χ2v) is 6.86. The van der Waals surface area contributed by atoms with Gasteiger partial charge >= 0.3 is 11.9 Å². The Bertz CT molecular complexity index is 417. The van der Waals surface area contributed by atoms with Crippen molar-refractivity contribution in [2.24, 2.45) is 0 Å². The molecule has 0 aliphatic carbocycles. The molecule has 0 aromatic carbocycles. The van der Waals surface area contributed by atoms with E-state index < -0.39 is 5.60 Å². The first-order valence-corrected chi connectivity index (χ1v) is 9.64. The van der Waals surface area contributed by atoms with Gasteiger partial charge < -0.3 is 28.4 Å². The molecule has 0 aliphatic rings. The molecule has 0 atom stereocenters. The standard InChI is InChI=1S/C20H36O8/c1-5-9-27-18(21)8-11-24-13-15-26-17-16-25-14-12-23-10-6-7-19(22)28-20(2,3)4/h5H,1,6-17H2,2-4H3. The van der Waals surface area contributed by atoms with Gasteiger partial charge in [-0.25, -0.2) is 0 Å². The highest BCUT2D eigenvalue weighted by molar-refractivity contribution is 5.70. The van der Waals surface area contributed by atoms with Gasteiger partial charge in [-0.3, -0.25) is 9.59 Å². The molecular formula is C20H36O8. The normalized spacial score (nSPS) is 11.2. The lowest BCUT2D eigenvalue weighted by atomic mass is 10.2. The van der Waals surface area contributed by atoms with E-state index in [1.807, 2.05) is 20.8 Å². The minimum atomic E-state index is -0.445. The van der Waals surface area contributed by atoms with Gasteiger partial charge in [0, 0.05) is 13.0 Å². The Kier molecular flexibility index (Phi) is 16.7. The maximum absolute atomic E-state index is 11.5. The molecule has 0 spiro atoms. The molecule has 0 rings (SSSR count). The van der Waals surface area contributed by atoms with Crippen LogP contribution in [0.2, 0.25) is 0 Å². The number of rotatable bonds is 18. The summed E-state index contributed by atoms with van der Waals surface area (Å²) in [6.07, 6.45) is 2.72. The third-order valence-corrected chi connectivity index (χ3v) is 3.02. The van der Waals surface area contributed by atoms with Crippen molar-refractivity contribution in [1.82, 2.24) is 0 Å². The van der Waals surface area contributed by atoms with E-state index in [4.69, 9.17) is 28.4 Å². The third kappa shape index (κ3) is 20.8. The quantitative estimate of drug-likeness (QED) is 0.195. The molecule has 0 saturated carbocycles. The Labute approximate surface area is 168 Å². The molecule has 0 unspecified atom stereocenters. The molecule has 8 heteroatoms. The Morgan fingerprint density at radius 2 is 1.25 bits per heavy atom. The first kappa shape index (κ1) is 26.5. The van der Waals surface area contributed by atoms with Crippen LogP contribution in [0.5, 0.6) is 0 Å². The first-order valence-electron chi connectivity index (χ1n) is 9.64. The van der Waals surface area contributed by atoms with Crippen molar-refractivity contribution in [2.45, 2.75) is 45.6 Å². The highest BCUT2D eigenvalue weighted by atomic mass is 16.6. The lowest BCUT2D eigenvalue weighted by molar-refractivity contribution is -0.155. The summed E-state index contributed by atoms with van der Waals surface area (Å²) in [4.78, 5) is 22.7. The fraction of sp³-hybridized carbons (Fsp3) is 0.800. The summed E-state index contributed by atoms with van der Waals surface area (Å²) in [6.45, 7) is 12.8. The molecule has 0 fully saturated rings. The van der Waals surface area contributed by atoms with E-state index >= 15 is 0 Å². The smallest absolute Gasteiger partial charge is 0.308 e. The molecule has 0 heterocycles. The summed E-state index contributed by atoms with van der Waals surface area (Å²) < 4.78 is 31.4. The number of ether oxygens (including phenoxy) is 6. The molecular weight excluding hydrogens is 368 g/mol. The largest absolute Gasteiger partial charge is 0.461 e. The molecule has 8 nitrogen and oxygen atoms in total. The topological polar surface area (TPSA) is 89.5 Å². The van der Waals surface area contributed by atoms with Crippen molar-refractivity contribution >= 4 is 11.9 Å². The van der Waals surface area contributed by atoms with Crippen LogP contribution in [-0.2, 0) is 38.0 Å². The maximum Gasteiger partial charge on any atom is 0.308 e. The molecule has 0 aromatic heterocycles. The highest BCUT2D eigenvalue weighted by Crippen LogP contribution is 2.09. The van der Waals surface area contributed by atoms with Gasteiger partial charge in [0.25, 0.3) is 0 Å². The second kappa shape index (κ2) is 17.6. The second-order valence-electron chi connectivity index (χ2n) is 6.86. The molecule has 0 aromatic rings. The average Bonchev–Trinajstić information content (AvgIpc) is 2.61. The van der Waals surface area contributed by atoms with E-state index in [2.05, 4.69) is 6.58 Å². The predicted octanol–water partition coefficient (Wildman–Crippen LogP) is 2.29. The Hall–Kier alpha value is -1.48. The molecule has 0 amide bonds. The molecule has 0 N–H and O–H groups in total. The number of hydrogen-bond donors (Lipinski definition) is 0. The van der Waals surface area contributed by atoms with Crippen LogP contribution in [0.3, 0.4) is 0 Å². The van der Waals surface area contributed by atoms with Crippen molar-refractivity contribution in [3.8, 4) is 0 Å². The number of esters is 2. The van der Waals surface area contributed by atoms with Crippen molar-refractivity contribution in [3.63, 3.8) is 0 Å². The van der Waals surface area contributed by atoms with Gasteiger partial charge in [0.1, 0.15) is 12.2 Å². The van der Waals surface area contributed by atoms with Crippen molar-refractivity contribution in [3.05, 3.63) is 12.7 Å². The van der Waals surface area contributed by atoms with Crippen LogP contribution in [0.4, 0.5) is 0 Å². The van der Waals surface area contributed by atoms with Crippen LogP contribution in [0, 0.1) is 0 Å². The first-order chi connectivity index (χ1) is 13.3. The van der Waals surface area contributed by atoms with E-state index in [0.29, 0.717) is 65.7 Å². The van der Waals surface area contributed by atoms with Crippen LogP contribution >= 0.6 is 0 Å². The lowest BCUT2D eigenvalue weighted by Gasteiger charge is -2.19.